The quantitative estimate of drug-likeness (QED) is 0.893. The van der Waals surface area contributed by atoms with E-state index in [0.29, 0.717) is 4.47 Å². The molecule has 0 bridgehead atoms. The molecule has 2 N–H and O–H groups in total. The summed E-state index contributed by atoms with van der Waals surface area (Å²) in [5.74, 6) is -0.870. The van der Waals surface area contributed by atoms with Gasteiger partial charge in [0.1, 0.15) is 0 Å². The van der Waals surface area contributed by atoms with Crippen molar-refractivity contribution in [3.8, 4) is 5.75 Å². The van der Waals surface area contributed by atoms with Gasteiger partial charge in [0.25, 0.3) is 0 Å². The first-order chi connectivity index (χ1) is 8.16. The zero-order valence-electron chi connectivity index (χ0n) is 9.55. The smallest absolute Gasteiger partial charge is 0.166 e. The number of nitrogens with one attached hydrogen (secondary N) is 1. The molecule has 0 saturated carbocycles. The van der Waals surface area contributed by atoms with Gasteiger partial charge in [0.15, 0.2) is 11.6 Å². The molecule has 1 aliphatic rings. The Hall–Kier alpha value is -0.650. The van der Waals surface area contributed by atoms with Gasteiger partial charge in [0.2, 0.25) is 0 Å². The van der Waals surface area contributed by atoms with E-state index in [9.17, 15) is 9.50 Å². The Kier molecular flexibility index (Phi) is 4.36. The van der Waals surface area contributed by atoms with Crippen LogP contribution in [0.25, 0.3) is 0 Å². The Labute approximate surface area is 109 Å². The SMILES string of the molecule is Oc1c(F)cc(CCN2CCNCC2)cc1Br. The van der Waals surface area contributed by atoms with Gasteiger partial charge in [-0.05, 0) is 40.0 Å². The minimum absolute atomic E-state index is 0.309. The number of nitrogens with zero attached hydrogens (tertiary/aromatic N) is 1. The van der Waals surface area contributed by atoms with E-state index >= 15 is 0 Å². The van der Waals surface area contributed by atoms with Gasteiger partial charge in [-0.1, -0.05) is 0 Å². The monoisotopic (exact) mass is 302 g/mol. The number of aromatic hydroxyl groups is 1. The fraction of sp³-hybridized carbons (Fsp3) is 0.500. The zero-order valence-corrected chi connectivity index (χ0v) is 11.1. The number of halogens is 2. The average molecular weight is 303 g/mol. The van der Waals surface area contributed by atoms with Crippen molar-refractivity contribution in [2.24, 2.45) is 0 Å². The maximum absolute atomic E-state index is 13.3. The Bertz CT molecular complexity index is 371. The fourth-order valence-electron chi connectivity index (χ4n) is 1.98. The summed E-state index contributed by atoms with van der Waals surface area (Å²) in [5.41, 5.74) is 0.908. The summed E-state index contributed by atoms with van der Waals surface area (Å²) in [6.45, 7) is 5.06. The molecule has 2 rings (SSSR count). The second kappa shape index (κ2) is 5.80. The standard InChI is InChI=1S/C12H16BrFN2O/c13-10-7-9(8-11(14)12(10)17)1-4-16-5-2-15-3-6-16/h7-8,15,17H,1-6H2. The lowest BCUT2D eigenvalue weighted by Gasteiger charge is -2.27. The minimum Gasteiger partial charge on any atom is -0.504 e. The van der Waals surface area contributed by atoms with Crippen LogP contribution >= 0.6 is 15.9 Å². The molecule has 0 aliphatic carbocycles. The van der Waals surface area contributed by atoms with Crippen molar-refractivity contribution in [3.63, 3.8) is 0 Å². The number of piperazine rings is 1. The minimum atomic E-state index is -0.560. The van der Waals surface area contributed by atoms with Crippen molar-refractivity contribution < 1.29 is 9.50 Å². The molecular formula is C12H16BrFN2O. The number of phenols is 1. The largest absolute Gasteiger partial charge is 0.504 e. The third kappa shape index (κ3) is 3.40. The van der Waals surface area contributed by atoms with E-state index in [1.807, 2.05) is 0 Å². The summed E-state index contributed by atoms with van der Waals surface area (Å²) in [6.07, 6.45) is 0.801. The lowest BCUT2D eigenvalue weighted by atomic mass is 10.1. The van der Waals surface area contributed by atoms with Gasteiger partial charge in [0.05, 0.1) is 4.47 Å². The normalized spacial score (nSPS) is 17.3. The van der Waals surface area contributed by atoms with Crippen LogP contribution in [0.15, 0.2) is 16.6 Å². The molecule has 0 amide bonds. The number of hydrogen-bond acceptors (Lipinski definition) is 3. The topological polar surface area (TPSA) is 35.5 Å². The van der Waals surface area contributed by atoms with Gasteiger partial charge in [-0.3, -0.25) is 0 Å². The summed E-state index contributed by atoms with van der Waals surface area (Å²) >= 11 is 3.15. The molecule has 0 atom stereocenters. The van der Waals surface area contributed by atoms with Gasteiger partial charge >= 0.3 is 0 Å². The van der Waals surface area contributed by atoms with Crippen LogP contribution in [0.3, 0.4) is 0 Å². The molecule has 1 aromatic rings. The van der Waals surface area contributed by atoms with E-state index in [1.54, 1.807) is 6.07 Å². The maximum Gasteiger partial charge on any atom is 0.166 e. The van der Waals surface area contributed by atoms with Crippen LogP contribution in [0.5, 0.6) is 5.75 Å². The highest BCUT2D eigenvalue weighted by Crippen LogP contribution is 2.28. The van der Waals surface area contributed by atoms with Crippen LogP contribution in [0, 0.1) is 5.82 Å². The van der Waals surface area contributed by atoms with Gasteiger partial charge in [-0.15, -0.1) is 0 Å². The fourth-order valence-corrected chi connectivity index (χ4v) is 2.47. The van der Waals surface area contributed by atoms with Crippen molar-refractivity contribution in [1.82, 2.24) is 10.2 Å². The first-order valence-corrected chi connectivity index (χ1v) is 6.56. The van der Waals surface area contributed by atoms with Crippen LogP contribution in [-0.4, -0.2) is 42.7 Å². The van der Waals surface area contributed by atoms with Crippen molar-refractivity contribution in [2.45, 2.75) is 6.42 Å². The predicted molar refractivity (Wildman–Crippen MR) is 68.8 cm³/mol. The third-order valence-electron chi connectivity index (χ3n) is 3.00. The molecule has 0 aromatic heterocycles. The highest BCUT2D eigenvalue weighted by molar-refractivity contribution is 9.10. The number of phenolic OH excluding ortho intramolecular Hbond substituents is 1. The van der Waals surface area contributed by atoms with Crippen LogP contribution in [0.2, 0.25) is 0 Å². The van der Waals surface area contributed by atoms with Crippen molar-refractivity contribution in [3.05, 3.63) is 28.0 Å². The van der Waals surface area contributed by atoms with Gasteiger partial charge < -0.3 is 15.3 Å². The van der Waals surface area contributed by atoms with Crippen molar-refractivity contribution in [1.29, 1.82) is 0 Å². The average Bonchev–Trinajstić information content (AvgIpc) is 2.34. The Balaban J connectivity index is 1.94. The highest BCUT2D eigenvalue weighted by atomic mass is 79.9. The van der Waals surface area contributed by atoms with Crippen LogP contribution in [0.1, 0.15) is 5.56 Å². The molecule has 1 heterocycles. The molecule has 1 saturated heterocycles. The van der Waals surface area contributed by atoms with Crippen molar-refractivity contribution in [2.75, 3.05) is 32.7 Å². The van der Waals surface area contributed by atoms with Gasteiger partial charge in [0, 0.05) is 32.7 Å². The first-order valence-electron chi connectivity index (χ1n) is 5.77. The van der Waals surface area contributed by atoms with Gasteiger partial charge in [-0.25, -0.2) is 4.39 Å². The molecule has 5 heteroatoms. The third-order valence-corrected chi connectivity index (χ3v) is 3.61. The van der Waals surface area contributed by atoms with Crippen LogP contribution < -0.4 is 5.32 Å². The highest BCUT2D eigenvalue weighted by Gasteiger charge is 2.11. The molecule has 3 nitrogen and oxygen atoms in total. The first kappa shape index (κ1) is 12.8. The summed E-state index contributed by atoms with van der Waals surface area (Å²) in [7, 11) is 0. The molecule has 1 aromatic carbocycles. The van der Waals surface area contributed by atoms with Crippen LogP contribution in [-0.2, 0) is 6.42 Å². The summed E-state index contributed by atoms with van der Waals surface area (Å²) < 4.78 is 13.7. The Morgan fingerprint density at radius 1 is 1.35 bits per heavy atom. The molecule has 17 heavy (non-hydrogen) atoms. The van der Waals surface area contributed by atoms with Crippen molar-refractivity contribution >= 4 is 15.9 Å². The number of hydrogen-bond donors (Lipinski definition) is 2. The van der Waals surface area contributed by atoms with Crippen LogP contribution in [0.4, 0.5) is 4.39 Å². The molecule has 0 unspecified atom stereocenters. The zero-order chi connectivity index (χ0) is 12.3. The molecule has 0 radical (unpaired) electrons. The maximum atomic E-state index is 13.3. The second-order valence-corrected chi connectivity index (χ2v) is 5.10. The summed E-state index contributed by atoms with van der Waals surface area (Å²) in [4.78, 5) is 2.36. The predicted octanol–water partition coefficient (Wildman–Crippen LogP) is 1.74. The van der Waals surface area contributed by atoms with Gasteiger partial charge in [-0.2, -0.15) is 0 Å². The van der Waals surface area contributed by atoms with E-state index in [2.05, 4.69) is 26.1 Å². The van der Waals surface area contributed by atoms with E-state index in [4.69, 9.17) is 0 Å². The summed E-state index contributed by atoms with van der Waals surface area (Å²) in [6, 6.07) is 3.18. The number of rotatable bonds is 3. The Morgan fingerprint density at radius 2 is 2.06 bits per heavy atom. The second-order valence-electron chi connectivity index (χ2n) is 4.25. The molecule has 1 fully saturated rings. The Morgan fingerprint density at radius 3 is 2.71 bits per heavy atom. The van der Waals surface area contributed by atoms with E-state index in [0.717, 1.165) is 44.7 Å². The lowest BCUT2D eigenvalue weighted by molar-refractivity contribution is 0.244. The summed E-state index contributed by atoms with van der Waals surface area (Å²) in [5, 5.41) is 12.6. The number of benzene rings is 1. The molecule has 0 spiro atoms. The molecule has 1 aliphatic heterocycles. The van der Waals surface area contributed by atoms with E-state index in [1.165, 1.54) is 6.07 Å². The lowest BCUT2D eigenvalue weighted by Crippen LogP contribution is -2.44. The van der Waals surface area contributed by atoms with E-state index in [-0.39, 0.29) is 5.75 Å². The molecular weight excluding hydrogens is 287 g/mol. The molecule has 94 valence electrons. The van der Waals surface area contributed by atoms with E-state index < -0.39 is 5.82 Å².